The molecule has 0 heterocycles. The highest BCUT2D eigenvalue weighted by Gasteiger charge is 2.02. The molecule has 4 heteroatoms. The van der Waals surface area contributed by atoms with Crippen LogP contribution in [-0.4, -0.2) is 19.0 Å². The average Bonchev–Trinajstić information content (AvgIpc) is 2.90. The fourth-order valence-corrected chi connectivity index (χ4v) is 3.72. The van der Waals surface area contributed by atoms with Gasteiger partial charge in [0.15, 0.2) is 5.78 Å². The maximum Gasteiger partial charge on any atom is 0.185 e. The molecule has 0 unspecified atom stereocenters. The van der Waals surface area contributed by atoms with Crippen molar-refractivity contribution in [1.29, 1.82) is 0 Å². The summed E-state index contributed by atoms with van der Waals surface area (Å²) in [5.74, 6) is 1.25. The Kier molecular flexibility index (Phi) is 11.5. The van der Waals surface area contributed by atoms with E-state index in [0.29, 0.717) is 12.2 Å². The molecule has 0 bridgehead atoms. The van der Waals surface area contributed by atoms with Crippen LogP contribution in [0.2, 0.25) is 0 Å². The van der Waals surface area contributed by atoms with Crippen molar-refractivity contribution < 1.29 is 18.7 Å². The van der Waals surface area contributed by atoms with Crippen LogP contribution in [0.25, 0.3) is 12.2 Å². The summed E-state index contributed by atoms with van der Waals surface area (Å²) < 4.78 is 24.6. The van der Waals surface area contributed by atoms with E-state index in [2.05, 4.69) is 18.2 Å². The minimum absolute atomic E-state index is 0.155. The van der Waals surface area contributed by atoms with Crippen LogP contribution in [0.1, 0.15) is 66.9 Å². The van der Waals surface area contributed by atoms with E-state index >= 15 is 0 Å². The molecule has 0 fully saturated rings. The molecule has 3 aromatic carbocycles. The van der Waals surface area contributed by atoms with Gasteiger partial charge in [-0.05, 0) is 85.5 Å². The molecule has 0 aliphatic carbocycles. The Bertz CT molecular complexity index is 1100. The van der Waals surface area contributed by atoms with E-state index in [1.54, 1.807) is 6.08 Å². The number of carbonyl (C=O) groups is 1. The highest BCUT2D eigenvalue weighted by Crippen LogP contribution is 2.16. The van der Waals surface area contributed by atoms with E-state index in [-0.39, 0.29) is 11.6 Å². The first kappa shape index (κ1) is 26.9. The van der Waals surface area contributed by atoms with Crippen molar-refractivity contribution in [2.75, 3.05) is 13.2 Å². The zero-order chi connectivity index (χ0) is 25.4. The molecule has 188 valence electrons. The van der Waals surface area contributed by atoms with Gasteiger partial charge in [0.25, 0.3) is 0 Å². The molecule has 0 atom stereocenters. The number of allylic oxidation sites excluding steroid dienone is 2. The van der Waals surface area contributed by atoms with Crippen molar-refractivity contribution in [3.63, 3.8) is 0 Å². The fourth-order valence-electron chi connectivity index (χ4n) is 3.72. The smallest absolute Gasteiger partial charge is 0.185 e. The molecule has 0 amide bonds. The number of ketones is 1. The standard InChI is InChI=1S/C32H35FO3/c1-2-9-26-10-19-30(20-11-26)35-24-7-5-3-4-6-8-25-36-31-21-12-27(13-22-31)14-23-32(34)28-15-17-29(33)18-16-28/h2,9-23H,3-8,24-25H2,1H3/b9-2?,23-14+. The van der Waals surface area contributed by atoms with Gasteiger partial charge in [-0.15, -0.1) is 0 Å². The third-order valence-electron chi connectivity index (χ3n) is 5.75. The predicted octanol–water partition coefficient (Wildman–Crippen LogP) is 8.55. The van der Waals surface area contributed by atoms with E-state index < -0.39 is 0 Å². The zero-order valence-electron chi connectivity index (χ0n) is 21.0. The highest BCUT2D eigenvalue weighted by atomic mass is 19.1. The van der Waals surface area contributed by atoms with E-state index in [1.807, 2.05) is 49.4 Å². The van der Waals surface area contributed by atoms with E-state index in [0.717, 1.165) is 42.9 Å². The second-order valence-corrected chi connectivity index (χ2v) is 8.66. The van der Waals surface area contributed by atoms with E-state index in [1.165, 1.54) is 55.2 Å². The van der Waals surface area contributed by atoms with Crippen LogP contribution in [0.3, 0.4) is 0 Å². The van der Waals surface area contributed by atoms with Gasteiger partial charge >= 0.3 is 0 Å². The number of unbranched alkanes of at least 4 members (excludes halogenated alkanes) is 5. The van der Waals surface area contributed by atoms with Crippen molar-refractivity contribution in [2.24, 2.45) is 0 Å². The molecule has 0 N–H and O–H groups in total. The Morgan fingerprint density at radius 1 is 0.667 bits per heavy atom. The van der Waals surface area contributed by atoms with Crippen LogP contribution in [0.4, 0.5) is 4.39 Å². The average molecular weight is 487 g/mol. The summed E-state index contributed by atoms with van der Waals surface area (Å²) in [7, 11) is 0. The molecule has 0 aromatic heterocycles. The normalized spacial score (nSPS) is 11.3. The minimum Gasteiger partial charge on any atom is -0.494 e. The van der Waals surface area contributed by atoms with Crippen LogP contribution in [0.15, 0.2) is 84.9 Å². The van der Waals surface area contributed by atoms with Gasteiger partial charge < -0.3 is 9.47 Å². The summed E-state index contributed by atoms with van der Waals surface area (Å²) in [6, 6.07) is 21.4. The number of rotatable bonds is 15. The Morgan fingerprint density at radius 3 is 1.64 bits per heavy atom. The van der Waals surface area contributed by atoms with Gasteiger partial charge in [-0.3, -0.25) is 4.79 Å². The first-order valence-corrected chi connectivity index (χ1v) is 12.7. The maximum absolute atomic E-state index is 13.0. The highest BCUT2D eigenvalue weighted by molar-refractivity contribution is 6.06. The first-order valence-electron chi connectivity index (χ1n) is 12.7. The van der Waals surface area contributed by atoms with E-state index in [4.69, 9.17) is 9.47 Å². The van der Waals surface area contributed by atoms with Crippen LogP contribution in [-0.2, 0) is 0 Å². The summed E-state index contributed by atoms with van der Waals surface area (Å²) in [4.78, 5) is 12.1. The molecule has 3 aromatic rings. The van der Waals surface area contributed by atoms with Crippen LogP contribution < -0.4 is 9.47 Å². The zero-order valence-corrected chi connectivity index (χ0v) is 21.0. The Hall–Kier alpha value is -3.66. The van der Waals surface area contributed by atoms with Gasteiger partial charge in [0, 0.05) is 5.56 Å². The summed E-state index contributed by atoms with van der Waals surface area (Å²) in [6.45, 7) is 3.48. The molecule has 3 rings (SSSR count). The van der Waals surface area contributed by atoms with Crippen molar-refractivity contribution in [2.45, 2.75) is 45.4 Å². The quantitative estimate of drug-likeness (QED) is 0.123. The van der Waals surface area contributed by atoms with Crippen molar-refractivity contribution in [3.8, 4) is 11.5 Å². The van der Waals surface area contributed by atoms with Gasteiger partial charge in [-0.1, -0.05) is 68.2 Å². The summed E-state index contributed by atoms with van der Waals surface area (Å²) in [5, 5.41) is 0. The lowest BCUT2D eigenvalue weighted by Gasteiger charge is -2.07. The van der Waals surface area contributed by atoms with Crippen molar-refractivity contribution in [1.82, 2.24) is 0 Å². The molecule has 0 aliphatic heterocycles. The number of ether oxygens (including phenoxy) is 2. The van der Waals surface area contributed by atoms with Crippen molar-refractivity contribution >= 4 is 17.9 Å². The van der Waals surface area contributed by atoms with Gasteiger partial charge in [0.2, 0.25) is 0 Å². The monoisotopic (exact) mass is 486 g/mol. The van der Waals surface area contributed by atoms with Crippen LogP contribution in [0.5, 0.6) is 11.5 Å². The Labute approximate surface area is 214 Å². The first-order chi connectivity index (χ1) is 17.6. The number of benzene rings is 3. The topological polar surface area (TPSA) is 35.5 Å². The predicted molar refractivity (Wildman–Crippen MR) is 146 cm³/mol. The van der Waals surface area contributed by atoms with E-state index in [9.17, 15) is 9.18 Å². The molecular formula is C32H35FO3. The Morgan fingerprint density at radius 2 is 1.14 bits per heavy atom. The van der Waals surface area contributed by atoms with Crippen LogP contribution in [0, 0.1) is 5.82 Å². The number of hydrogen-bond donors (Lipinski definition) is 0. The largest absolute Gasteiger partial charge is 0.494 e. The molecule has 36 heavy (non-hydrogen) atoms. The number of halogens is 1. The summed E-state index contributed by atoms with van der Waals surface area (Å²) in [6.07, 6.45) is 14.2. The van der Waals surface area contributed by atoms with Gasteiger partial charge in [0.05, 0.1) is 13.2 Å². The molecule has 0 saturated carbocycles. The molecule has 0 aliphatic rings. The molecule has 3 nitrogen and oxygen atoms in total. The second-order valence-electron chi connectivity index (χ2n) is 8.66. The summed E-state index contributed by atoms with van der Waals surface area (Å²) in [5.41, 5.74) is 2.56. The third-order valence-corrected chi connectivity index (χ3v) is 5.75. The SMILES string of the molecule is CC=Cc1ccc(OCCCCCCCCOc2ccc(/C=C/C(=O)c3ccc(F)cc3)cc2)cc1. The van der Waals surface area contributed by atoms with Crippen molar-refractivity contribution in [3.05, 3.63) is 107 Å². The molecule has 0 spiro atoms. The molecule has 0 saturated heterocycles. The lowest BCUT2D eigenvalue weighted by atomic mass is 10.1. The van der Waals surface area contributed by atoms with Gasteiger partial charge in [0.1, 0.15) is 17.3 Å². The third kappa shape index (κ3) is 9.91. The second kappa shape index (κ2) is 15.4. The van der Waals surface area contributed by atoms with Gasteiger partial charge in [-0.2, -0.15) is 0 Å². The lowest BCUT2D eigenvalue weighted by molar-refractivity contribution is 0.104. The van der Waals surface area contributed by atoms with Crippen LogP contribution >= 0.6 is 0 Å². The maximum atomic E-state index is 13.0. The summed E-state index contributed by atoms with van der Waals surface area (Å²) >= 11 is 0. The molecule has 0 radical (unpaired) electrons. The van der Waals surface area contributed by atoms with Gasteiger partial charge in [-0.25, -0.2) is 4.39 Å². The Balaban J connectivity index is 1.21. The molecular weight excluding hydrogens is 451 g/mol. The lowest BCUT2D eigenvalue weighted by Crippen LogP contribution is -1.98. The minimum atomic E-state index is -0.352. The number of hydrogen-bond acceptors (Lipinski definition) is 3. The fraction of sp³-hybridized carbons (Fsp3) is 0.281. The number of carbonyl (C=O) groups excluding carboxylic acids is 1.